The molecule has 2 heterocycles. The zero-order valence-electron chi connectivity index (χ0n) is 10.9. The first-order chi connectivity index (χ1) is 9.29. The molecule has 0 bridgehead atoms. The van der Waals surface area contributed by atoms with Crippen LogP contribution in [0.5, 0.6) is 0 Å². The summed E-state index contributed by atoms with van der Waals surface area (Å²) in [5, 5.41) is 0. The number of rotatable bonds is 7. The maximum absolute atomic E-state index is 11.5. The van der Waals surface area contributed by atoms with Crippen molar-refractivity contribution in [3.8, 4) is 0 Å². The van der Waals surface area contributed by atoms with E-state index in [-0.39, 0.29) is 20.8 Å². The Labute approximate surface area is 132 Å². The molecule has 1 saturated heterocycles. The number of ether oxygens (including phenoxy) is 2. The predicted octanol–water partition coefficient (Wildman–Crippen LogP) is 2.91. The van der Waals surface area contributed by atoms with Crippen molar-refractivity contribution in [1.82, 2.24) is 0 Å². The number of hydrogen-bond acceptors (Lipinski definition) is 6. The summed E-state index contributed by atoms with van der Waals surface area (Å²) in [5.74, 6) is 1.95. The average Bonchev–Trinajstić information content (AvgIpc) is 2.77. The maximum atomic E-state index is 11.5. The molecule has 108 valence electrons. The van der Waals surface area contributed by atoms with Crippen molar-refractivity contribution in [1.29, 1.82) is 0 Å². The molecule has 3 nitrogen and oxygen atoms in total. The quantitative estimate of drug-likeness (QED) is 0.410. The minimum absolute atomic E-state index is 0.00472. The SMILES string of the molecule is CCSc1[se]c(=O)sc1SCCOC1CCCCO1. The number of hydrogen-bond donors (Lipinski definition) is 0. The molecule has 0 amide bonds. The van der Waals surface area contributed by atoms with Gasteiger partial charge in [0.25, 0.3) is 0 Å². The van der Waals surface area contributed by atoms with E-state index in [1.807, 2.05) is 11.8 Å². The average molecular weight is 385 g/mol. The van der Waals surface area contributed by atoms with E-state index < -0.39 is 0 Å². The van der Waals surface area contributed by atoms with Crippen LogP contribution >= 0.6 is 34.9 Å². The third kappa shape index (κ3) is 5.58. The van der Waals surface area contributed by atoms with Crippen LogP contribution in [0.1, 0.15) is 26.2 Å². The van der Waals surface area contributed by atoms with Crippen molar-refractivity contribution in [2.75, 3.05) is 24.7 Å². The van der Waals surface area contributed by atoms with E-state index in [0.717, 1.165) is 31.0 Å². The van der Waals surface area contributed by atoms with Gasteiger partial charge in [-0.05, 0) is 0 Å². The van der Waals surface area contributed by atoms with Gasteiger partial charge in [0.2, 0.25) is 0 Å². The normalized spacial score (nSPS) is 19.7. The minimum atomic E-state index is -0.00472. The summed E-state index contributed by atoms with van der Waals surface area (Å²) in [6.07, 6.45) is 3.36. The molecule has 1 aliphatic rings. The Kier molecular flexibility index (Phi) is 7.58. The molecule has 1 unspecified atom stereocenters. The summed E-state index contributed by atoms with van der Waals surface area (Å²) < 4.78 is 14.1. The number of thioether (sulfide) groups is 2. The Bertz CT molecular complexity index is 426. The van der Waals surface area contributed by atoms with E-state index in [1.165, 1.54) is 25.7 Å². The second kappa shape index (κ2) is 8.92. The third-order valence-corrected chi connectivity index (χ3v) is 9.45. The van der Waals surface area contributed by atoms with Crippen LogP contribution in [-0.2, 0) is 9.47 Å². The van der Waals surface area contributed by atoms with Crippen molar-refractivity contribution in [3.63, 3.8) is 0 Å². The summed E-state index contributed by atoms with van der Waals surface area (Å²) in [5.41, 5.74) is 0. The van der Waals surface area contributed by atoms with Crippen LogP contribution in [0.3, 0.4) is 0 Å². The van der Waals surface area contributed by atoms with E-state index in [2.05, 4.69) is 6.92 Å². The summed E-state index contributed by atoms with van der Waals surface area (Å²) in [6.45, 7) is 3.66. The Morgan fingerprint density at radius 2 is 2.37 bits per heavy atom. The van der Waals surface area contributed by atoms with Crippen LogP contribution in [0.25, 0.3) is 0 Å². The Morgan fingerprint density at radius 3 is 3.11 bits per heavy atom. The molecular formula is C12H18O3S3Se. The molecule has 0 aromatic carbocycles. The predicted molar refractivity (Wildman–Crippen MR) is 84.2 cm³/mol. The monoisotopic (exact) mass is 386 g/mol. The van der Waals surface area contributed by atoms with Gasteiger partial charge in [-0.3, -0.25) is 0 Å². The molecule has 0 N–H and O–H groups in total. The van der Waals surface area contributed by atoms with Gasteiger partial charge in [0.15, 0.2) is 0 Å². The first-order valence-electron chi connectivity index (χ1n) is 6.42. The first-order valence-corrected chi connectivity index (χ1v) is 10.9. The zero-order valence-corrected chi connectivity index (χ0v) is 15.0. The second-order valence-electron chi connectivity index (χ2n) is 3.98. The summed E-state index contributed by atoms with van der Waals surface area (Å²) in [4.78, 5) is 11.5. The molecule has 0 saturated carbocycles. The second-order valence-corrected chi connectivity index (χ2v) is 10.8. The summed E-state index contributed by atoms with van der Waals surface area (Å²) in [7, 11) is 0. The Morgan fingerprint density at radius 1 is 1.47 bits per heavy atom. The van der Waals surface area contributed by atoms with Gasteiger partial charge in [-0.2, -0.15) is 0 Å². The molecule has 0 spiro atoms. The van der Waals surface area contributed by atoms with Crippen molar-refractivity contribution >= 4 is 49.4 Å². The fourth-order valence-electron chi connectivity index (χ4n) is 1.72. The van der Waals surface area contributed by atoms with Crippen molar-refractivity contribution in [3.05, 3.63) is 8.41 Å². The van der Waals surface area contributed by atoms with E-state index in [1.54, 1.807) is 11.8 Å². The van der Waals surface area contributed by atoms with Gasteiger partial charge >= 0.3 is 132 Å². The van der Waals surface area contributed by atoms with Gasteiger partial charge in [0.05, 0.1) is 0 Å². The molecule has 1 aromatic rings. The first kappa shape index (κ1) is 16.1. The zero-order chi connectivity index (χ0) is 13.5. The van der Waals surface area contributed by atoms with Gasteiger partial charge in [-0.25, -0.2) is 0 Å². The van der Waals surface area contributed by atoms with Crippen molar-refractivity contribution in [2.24, 2.45) is 0 Å². The van der Waals surface area contributed by atoms with Crippen molar-refractivity contribution < 1.29 is 9.47 Å². The molecule has 19 heavy (non-hydrogen) atoms. The van der Waals surface area contributed by atoms with E-state index in [0.29, 0.717) is 10.2 Å². The van der Waals surface area contributed by atoms with Crippen LogP contribution in [0, 0.1) is 0 Å². The van der Waals surface area contributed by atoms with Gasteiger partial charge in [-0.1, -0.05) is 0 Å². The third-order valence-electron chi connectivity index (χ3n) is 2.55. The molecule has 1 fully saturated rings. The molecule has 0 aliphatic carbocycles. The van der Waals surface area contributed by atoms with Crippen LogP contribution in [0.15, 0.2) is 12.8 Å². The van der Waals surface area contributed by atoms with Gasteiger partial charge < -0.3 is 0 Å². The molecular weight excluding hydrogens is 367 g/mol. The van der Waals surface area contributed by atoms with Gasteiger partial charge in [0, 0.05) is 0 Å². The topological polar surface area (TPSA) is 35.5 Å². The molecule has 0 radical (unpaired) electrons. The molecule has 7 heteroatoms. The molecule has 2 rings (SSSR count). The van der Waals surface area contributed by atoms with Gasteiger partial charge in [0.1, 0.15) is 0 Å². The van der Waals surface area contributed by atoms with Crippen molar-refractivity contribution in [2.45, 2.75) is 40.5 Å². The van der Waals surface area contributed by atoms with Crippen LogP contribution in [0.2, 0.25) is 0 Å². The van der Waals surface area contributed by atoms with E-state index in [4.69, 9.17) is 9.47 Å². The molecule has 1 aromatic heterocycles. The fraction of sp³-hybridized carbons (Fsp3) is 0.750. The van der Waals surface area contributed by atoms with E-state index >= 15 is 0 Å². The summed E-state index contributed by atoms with van der Waals surface area (Å²) >= 11 is 5.04. The standard InChI is InChI=1S/C12H18O3S3Se/c1-2-16-11-10(18-12(13)19-11)17-8-7-15-9-5-3-4-6-14-9/h9H,2-8H2,1H3. The van der Waals surface area contributed by atoms with E-state index in [9.17, 15) is 4.79 Å². The molecule has 1 aliphatic heterocycles. The Hall–Kier alpha value is 0.769. The molecule has 1 atom stereocenters. The van der Waals surface area contributed by atoms with Crippen LogP contribution < -0.4 is 3.62 Å². The van der Waals surface area contributed by atoms with Crippen LogP contribution in [0.4, 0.5) is 0 Å². The van der Waals surface area contributed by atoms with Crippen LogP contribution in [-0.4, -0.2) is 45.5 Å². The summed E-state index contributed by atoms with van der Waals surface area (Å²) in [6, 6.07) is 0. The fourth-order valence-corrected chi connectivity index (χ4v) is 9.20. The Balaban J connectivity index is 1.71. The van der Waals surface area contributed by atoms with Gasteiger partial charge in [-0.15, -0.1) is 0 Å².